The summed E-state index contributed by atoms with van der Waals surface area (Å²) in [6, 6.07) is 3.18. The number of benzene rings is 1. The molecule has 0 saturated heterocycles. The fourth-order valence-electron chi connectivity index (χ4n) is 1.95. The predicted molar refractivity (Wildman–Crippen MR) is 81.8 cm³/mol. The average molecular weight is 337 g/mol. The number of nitrogens with one attached hydrogen (secondary N) is 1. The van der Waals surface area contributed by atoms with Crippen molar-refractivity contribution in [2.45, 2.75) is 37.2 Å². The first kappa shape index (κ1) is 16.0. The highest BCUT2D eigenvalue weighted by Gasteiger charge is 2.36. The van der Waals surface area contributed by atoms with Gasteiger partial charge < -0.3 is 5.32 Å². The van der Waals surface area contributed by atoms with Crippen molar-refractivity contribution in [3.05, 3.63) is 27.7 Å². The van der Waals surface area contributed by atoms with E-state index in [1.807, 2.05) is 6.92 Å². The normalized spacial score (nSPS) is 15.8. The van der Waals surface area contributed by atoms with Crippen LogP contribution < -0.4 is 5.32 Å². The standard InChI is InChI=1S/C13H18Cl2N2O2S/c1-3-16-8-9-6-13(12(15)7-11(9)14)20(18,19)17(2)10-4-5-10/h6-7,10,16H,3-5,8H2,1-2H3. The molecule has 1 fully saturated rings. The van der Waals surface area contributed by atoms with Crippen LogP contribution in [0.25, 0.3) is 0 Å². The molecule has 0 bridgehead atoms. The Morgan fingerprint density at radius 2 is 1.95 bits per heavy atom. The number of sulfonamides is 1. The minimum atomic E-state index is -3.56. The molecule has 0 unspecified atom stereocenters. The fourth-order valence-corrected chi connectivity index (χ4v) is 4.21. The van der Waals surface area contributed by atoms with Crippen LogP contribution in [0.15, 0.2) is 17.0 Å². The first-order chi connectivity index (χ1) is 9.37. The van der Waals surface area contributed by atoms with Crippen LogP contribution in [0.1, 0.15) is 25.3 Å². The Hall–Kier alpha value is -0.330. The third-order valence-electron chi connectivity index (χ3n) is 3.38. The molecule has 1 N–H and O–H groups in total. The molecule has 0 radical (unpaired) electrons. The van der Waals surface area contributed by atoms with Crippen LogP contribution >= 0.6 is 23.2 Å². The second-order valence-electron chi connectivity index (χ2n) is 4.91. The molecule has 0 amide bonds. The minimum Gasteiger partial charge on any atom is -0.313 e. The zero-order chi connectivity index (χ0) is 14.9. The van der Waals surface area contributed by atoms with E-state index in [4.69, 9.17) is 23.2 Å². The molecule has 0 aromatic heterocycles. The first-order valence-electron chi connectivity index (χ1n) is 6.54. The summed E-state index contributed by atoms with van der Waals surface area (Å²) < 4.78 is 26.5. The maximum atomic E-state index is 12.5. The predicted octanol–water partition coefficient (Wildman–Crippen LogP) is 2.89. The number of hydrogen-bond acceptors (Lipinski definition) is 3. The molecule has 0 heterocycles. The summed E-state index contributed by atoms with van der Waals surface area (Å²) in [5.41, 5.74) is 0.737. The smallest absolute Gasteiger partial charge is 0.244 e. The second kappa shape index (κ2) is 6.20. The van der Waals surface area contributed by atoms with Crippen LogP contribution in [-0.2, 0) is 16.6 Å². The Morgan fingerprint density at radius 3 is 2.50 bits per heavy atom. The molecule has 1 aromatic rings. The van der Waals surface area contributed by atoms with E-state index in [9.17, 15) is 8.42 Å². The monoisotopic (exact) mass is 336 g/mol. The lowest BCUT2D eigenvalue weighted by molar-refractivity contribution is 0.464. The van der Waals surface area contributed by atoms with Gasteiger partial charge in [0.15, 0.2) is 0 Å². The van der Waals surface area contributed by atoms with Crippen molar-refractivity contribution in [2.75, 3.05) is 13.6 Å². The molecule has 1 aliphatic carbocycles. The number of hydrogen-bond donors (Lipinski definition) is 1. The van der Waals surface area contributed by atoms with E-state index >= 15 is 0 Å². The van der Waals surface area contributed by atoms with Gasteiger partial charge >= 0.3 is 0 Å². The number of halogens is 2. The van der Waals surface area contributed by atoms with E-state index in [2.05, 4.69) is 5.32 Å². The van der Waals surface area contributed by atoms with E-state index in [0.717, 1.165) is 24.9 Å². The van der Waals surface area contributed by atoms with E-state index in [0.29, 0.717) is 11.6 Å². The van der Waals surface area contributed by atoms with Gasteiger partial charge in [-0.1, -0.05) is 30.1 Å². The van der Waals surface area contributed by atoms with Gasteiger partial charge in [0.05, 0.1) is 5.02 Å². The second-order valence-corrected chi connectivity index (χ2v) is 7.69. The van der Waals surface area contributed by atoms with Gasteiger partial charge in [-0.05, 0) is 37.1 Å². The summed E-state index contributed by atoms with van der Waals surface area (Å²) in [7, 11) is -1.96. The van der Waals surface area contributed by atoms with Crippen LogP contribution in [0, 0.1) is 0 Å². The lowest BCUT2D eigenvalue weighted by Gasteiger charge is -2.18. The summed E-state index contributed by atoms with van der Waals surface area (Å²) >= 11 is 12.2. The maximum absolute atomic E-state index is 12.5. The van der Waals surface area contributed by atoms with Gasteiger partial charge in [0.2, 0.25) is 10.0 Å². The Bertz CT molecular complexity index is 601. The van der Waals surface area contributed by atoms with Gasteiger partial charge in [-0.25, -0.2) is 8.42 Å². The van der Waals surface area contributed by atoms with Crippen LogP contribution in [-0.4, -0.2) is 32.4 Å². The largest absolute Gasteiger partial charge is 0.313 e. The molecule has 7 heteroatoms. The molecular weight excluding hydrogens is 319 g/mol. The van der Waals surface area contributed by atoms with Gasteiger partial charge in [-0.15, -0.1) is 0 Å². The number of nitrogens with zero attached hydrogens (tertiary/aromatic N) is 1. The minimum absolute atomic E-state index is 0.101. The third kappa shape index (κ3) is 3.28. The van der Waals surface area contributed by atoms with Gasteiger partial charge in [0.1, 0.15) is 4.90 Å². The molecule has 20 heavy (non-hydrogen) atoms. The molecule has 1 aliphatic rings. The molecule has 0 atom stereocenters. The van der Waals surface area contributed by atoms with E-state index in [-0.39, 0.29) is 16.0 Å². The summed E-state index contributed by atoms with van der Waals surface area (Å²) in [6.45, 7) is 3.27. The lowest BCUT2D eigenvalue weighted by atomic mass is 10.2. The summed E-state index contributed by atoms with van der Waals surface area (Å²) in [5.74, 6) is 0. The van der Waals surface area contributed by atoms with Crippen molar-refractivity contribution in [1.29, 1.82) is 0 Å². The molecule has 0 aliphatic heterocycles. The molecule has 1 saturated carbocycles. The topological polar surface area (TPSA) is 49.4 Å². The van der Waals surface area contributed by atoms with E-state index < -0.39 is 10.0 Å². The van der Waals surface area contributed by atoms with Crippen molar-refractivity contribution < 1.29 is 8.42 Å². The lowest BCUT2D eigenvalue weighted by Crippen LogP contribution is -2.29. The molecule has 1 aromatic carbocycles. The third-order valence-corrected chi connectivity index (χ3v) is 6.11. The SMILES string of the molecule is CCNCc1cc(S(=O)(=O)N(C)C2CC2)c(Cl)cc1Cl. The molecular formula is C13H18Cl2N2O2S. The summed E-state index contributed by atoms with van der Waals surface area (Å²) in [5, 5.41) is 3.78. The van der Waals surface area contributed by atoms with Crippen molar-refractivity contribution >= 4 is 33.2 Å². The summed E-state index contributed by atoms with van der Waals surface area (Å²) in [6.07, 6.45) is 1.82. The van der Waals surface area contributed by atoms with Crippen molar-refractivity contribution in [3.63, 3.8) is 0 Å². The Balaban J connectivity index is 2.39. The first-order valence-corrected chi connectivity index (χ1v) is 8.74. The zero-order valence-corrected chi connectivity index (χ0v) is 13.8. The van der Waals surface area contributed by atoms with Gasteiger partial charge in [0.25, 0.3) is 0 Å². The Morgan fingerprint density at radius 1 is 1.30 bits per heavy atom. The molecule has 112 valence electrons. The van der Waals surface area contributed by atoms with E-state index in [1.54, 1.807) is 13.1 Å². The highest BCUT2D eigenvalue weighted by atomic mass is 35.5. The van der Waals surface area contributed by atoms with Crippen LogP contribution in [0.5, 0.6) is 0 Å². The fraction of sp³-hybridized carbons (Fsp3) is 0.538. The Labute approximate surface area is 130 Å². The van der Waals surface area contributed by atoms with Crippen molar-refractivity contribution in [2.24, 2.45) is 0 Å². The average Bonchev–Trinajstić information content (AvgIpc) is 3.20. The van der Waals surface area contributed by atoms with Gasteiger partial charge in [0, 0.05) is 24.7 Å². The van der Waals surface area contributed by atoms with Crippen LogP contribution in [0.4, 0.5) is 0 Å². The molecule has 2 rings (SSSR count). The zero-order valence-electron chi connectivity index (χ0n) is 11.5. The van der Waals surface area contributed by atoms with Crippen molar-refractivity contribution in [1.82, 2.24) is 9.62 Å². The molecule has 4 nitrogen and oxygen atoms in total. The molecule has 0 spiro atoms. The maximum Gasteiger partial charge on any atom is 0.244 e. The Kier molecular flexibility index (Phi) is 4.97. The number of rotatable bonds is 6. The van der Waals surface area contributed by atoms with Gasteiger partial charge in [-0.3, -0.25) is 0 Å². The summed E-state index contributed by atoms with van der Waals surface area (Å²) in [4.78, 5) is 0.130. The van der Waals surface area contributed by atoms with Crippen molar-refractivity contribution in [3.8, 4) is 0 Å². The van der Waals surface area contributed by atoms with Crippen LogP contribution in [0.3, 0.4) is 0 Å². The van der Waals surface area contributed by atoms with Crippen LogP contribution in [0.2, 0.25) is 10.0 Å². The van der Waals surface area contributed by atoms with E-state index in [1.165, 1.54) is 10.4 Å². The highest BCUT2D eigenvalue weighted by molar-refractivity contribution is 7.89. The quantitative estimate of drug-likeness (QED) is 0.868. The highest BCUT2D eigenvalue weighted by Crippen LogP contribution is 2.35. The van der Waals surface area contributed by atoms with Gasteiger partial charge in [-0.2, -0.15) is 4.31 Å².